The van der Waals surface area contributed by atoms with E-state index in [9.17, 15) is 0 Å². The van der Waals surface area contributed by atoms with E-state index in [0.717, 1.165) is 11.3 Å². The molecule has 0 N–H and O–H groups in total. The van der Waals surface area contributed by atoms with E-state index in [2.05, 4.69) is 10.2 Å². The number of ether oxygens (including phenoxy) is 2. The molecular formula is C12H14N2O3. The van der Waals surface area contributed by atoms with Gasteiger partial charge in [0.05, 0.1) is 6.61 Å². The minimum absolute atomic E-state index is 0.0225. The third-order valence-corrected chi connectivity index (χ3v) is 2.20. The highest BCUT2D eigenvalue weighted by atomic mass is 16.5. The van der Waals surface area contributed by atoms with E-state index in [4.69, 9.17) is 13.9 Å². The predicted molar refractivity (Wildman–Crippen MR) is 61.7 cm³/mol. The molecule has 0 bridgehead atoms. The number of methoxy groups -OCH3 is 1. The topological polar surface area (TPSA) is 57.4 Å². The highest BCUT2D eigenvalue weighted by molar-refractivity contribution is 5.53. The van der Waals surface area contributed by atoms with Crippen molar-refractivity contribution in [1.29, 1.82) is 0 Å². The molecule has 1 unspecified atom stereocenters. The van der Waals surface area contributed by atoms with Crippen molar-refractivity contribution < 1.29 is 13.9 Å². The van der Waals surface area contributed by atoms with E-state index in [-0.39, 0.29) is 6.10 Å². The second-order valence-corrected chi connectivity index (χ2v) is 3.65. The Balaban J connectivity index is 2.03. The molecule has 0 aliphatic rings. The van der Waals surface area contributed by atoms with Crippen molar-refractivity contribution >= 4 is 0 Å². The lowest BCUT2D eigenvalue weighted by atomic mass is 10.2. The molecule has 2 rings (SSSR count). The Morgan fingerprint density at radius 2 is 2.06 bits per heavy atom. The quantitative estimate of drug-likeness (QED) is 0.793. The minimum atomic E-state index is 0.0225. The zero-order valence-electron chi connectivity index (χ0n) is 9.79. The summed E-state index contributed by atoms with van der Waals surface area (Å²) in [5, 5.41) is 7.46. The predicted octanol–water partition coefficient (Wildman–Crippen LogP) is 2.15. The molecule has 90 valence electrons. The first kappa shape index (κ1) is 11.6. The molecule has 0 saturated carbocycles. The lowest BCUT2D eigenvalue weighted by Gasteiger charge is -2.13. The fourth-order valence-corrected chi connectivity index (χ4v) is 1.48. The number of nitrogens with zero attached hydrogens (tertiary/aromatic N) is 2. The van der Waals surface area contributed by atoms with Crippen molar-refractivity contribution in [1.82, 2.24) is 10.2 Å². The van der Waals surface area contributed by atoms with Gasteiger partial charge in [-0.05, 0) is 31.2 Å². The van der Waals surface area contributed by atoms with E-state index in [1.54, 1.807) is 7.11 Å². The van der Waals surface area contributed by atoms with E-state index >= 15 is 0 Å². The molecule has 1 atom stereocenters. The zero-order chi connectivity index (χ0) is 12.1. The Morgan fingerprint density at radius 3 is 2.65 bits per heavy atom. The molecule has 0 radical (unpaired) electrons. The van der Waals surface area contributed by atoms with Crippen molar-refractivity contribution in [3.05, 3.63) is 30.7 Å². The summed E-state index contributed by atoms with van der Waals surface area (Å²) in [6, 6.07) is 7.49. The van der Waals surface area contributed by atoms with Crippen molar-refractivity contribution in [2.45, 2.75) is 13.0 Å². The van der Waals surface area contributed by atoms with Gasteiger partial charge in [0.15, 0.2) is 0 Å². The van der Waals surface area contributed by atoms with E-state index in [1.165, 1.54) is 6.39 Å². The Bertz CT molecular complexity index is 439. The maximum absolute atomic E-state index is 5.64. The van der Waals surface area contributed by atoms with Crippen LogP contribution in [-0.2, 0) is 4.74 Å². The Hall–Kier alpha value is -1.88. The summed E-state index contributed by atoms with van der Waals surface area (Å²) in [5.74, 6) is 1.29. The standard InChI is InChI=1S/C12H14N2O3/c1-9(7-15-2)17-11-5-3-10(4-6-11)12-14-13-8-16-12/h3-6,8-9H,7H2,1-2H3. The molecule has 0 aliphatic heterocycles. The average molecular weight is 234 g/mol. The molecule has 1 aromatic heterocycles. The van der Waals surface area contributed by atoms with E-state index in [1.807, 2.05) is 31.2 Å². The number of benzene rings is 1. The maximum atomic E-state index is 5.64. The number of aromatic nitrogens is 2. The molecule has 5 nitrogen and oxygen atoms in total. The second kappa shape index (κ2) is 5.45. The number of rotatable bonds is 5. The Labute approximate surface area is 99.4 Å². The summed E-state index contributed by atoms with van der Waals surface area (Å²) in [6.45, 7) is 2.51. The van der Waals surface area contributed by atoms with Gasteiger partial charge in [0, 0.05) is 12.7 Å². The van der Waals surface area contributed by atoms with Crippen LogP contribution >= 0.6 is 0 Å². The fourth-order valence-electron chi connectivity index (χ4n) is 1.48. The van der Waals surface area contributed by atoms with E-state index in [0.29, 0.717) is 12.5 Å². The van der Waals surface area contributed by atoms with Gasteiger partial charge < -0.3 is 13.9 Å². The van der Waals surface area contributed by atoms with Crippen LogP contribution in [0.25, 0.3) is 11.5 Å². The van der Waals surface area contributed by atoms with Gasteiger partial charge in [-0.2, -0.15) is 0 Å². The summed E-state index contributed by atoms with van der Waals surface area (Å²) in [4.78, 5) is 0. The molecular weight excluding hydrogens is 220 g/mol. The van der Waals surface area contributed by atoms with Crippen molar-refractivity contribution in [3.63, 3.8) is 0 Å². The third kappa shape index (κ3) is 3.04. The van der Waals surface area contributed by atoms with Crippen LogP contribution in [0.1, 0.15) is 6.92 Å². The van der Waals surface area contributed by atoms with Gasteiger partial charge in [0.1, 0.15) is 11.9 Å². The summed E-state index contributed by atoms with van der Waals surface area (Å²) < 4.78 is 15.7. The first-order valence-corrected chi connectivity index (χ1v) is 5.32. The van der Waals surface area contributed by atoms with Gasteiger partial charge in [0.2, 0.25) is 12.3 Å². The highest BCUT2D eigenvalue weighted by Crippen LogP contribution is 2.20. The zero-order valence-corrected chi connectivity index (χ0v) is 9.79. The second-order valence-electron chi connectivity index (χ2n) is 3.65. The first-order chi connectivity index (χ1) is 8.29. The molecule has 0 aliphatic carbocycles. The first-order valence-electron chi connectivity index (χ1n) is 5.32. The summed E-state index contributed by atoms with van der Waals surface area (Å²) in [6.07, 6.45) is 1.33. The molecule has 1 aromatic carbocycles. The van der Waals surface area contributed by atoms with Crippen LogP contribution < -0.4 is 4.74 Å². The van der Waals surface area contributed by atoms with E-state index < -0.39 is 0 Å². The highest BCUT2D eigenvalue weighted by Gasteiger charge is 2.06. The molecule has 1 heterocycles. The molecule has 0 spiro atoms. The van der Waals surface area contributed by atoms with Crippen LogP contribution in [0.2, 0.25) is 0 Å². The van der Waals surface area contributed by atoms with Crippen molar-refractivity contribution in [2.24, 2.45) is 0 Å². The largest absolute Gasteiger partial charge is 0.488 e. The Kier molecular flexibility index (Phi) is 3.72. The van der Waals surface area contributed by atoms with Crippen LogP contribution in [0.15, 0.2) is 35.1 Å². The lowest BCUT2D eigenvalue weighted by molar-refractivity contribution is 0.0921. The third-order valence-electron chi connectivity index (χ3n) is 2.20. The van der Waals surface area contributed by atoms with Crippen molar-refractivity contribution in [2.75, 3.05) is 13.7 Å². The molecule has 2 aromatic rings. The summed E-state index contributed by atoms with van der Waals surface area (Å²) in [7, 11) is 1.65. The Morgan fingerprint density at radius 1 is 1.29 bits per heavy atom. The summed E-state index contributed by atoms with van der Waals surface area (Å²) in [5.41, 5.74) is 0.870. The maximum Gasteiger partial charge on any atom is 0.247 e. The smallest absolute Gasteiger partial charge is 0.247 e. The van der Waals surface area contributed by atoms with Gasteiger partial charge >= 0.3 is 0 Å². The lowest BCUT2D eigenvalue weighted by Crippen LogP contribution is -2.17. The summed E-state index contributed by atoms with van der Waals surface area (Å²) >= 11 is 0. The average Bonchev–Trinajstić information content (AvgIpc) is 2.84. The van der Waals surface area contributed by atoms with Crippen molar-refractivity contribution in [3.8, 4) is 17.2 Å². The van der Waals surface area contributed by atoms with Gasteiger partial charge in [-0.1, -0.05) is 0 Å². The van der Waals surface area contributed by atoms with Gasteiger partial charge in [-0.25, -0.2) is 0 Å². The number of hydrogen-bond acceptors (Lipinski definition) is 5. The van der Waals surface area contributed by atoms with Gasteiger partial charge in [0.25, 0.3) is 0 Å². The molecule has 0 amide bonds. The SMILES string of the molecule is COCC(C)Oc1ccc(-c2nnco2)cc1. The van der Waals surface area contributed by atoms with Crippen LogP contribution in [0.3, 0.4) is 0 Å². The minimum Gasteiger partial charge on any atom is -0.488 e. The van der Waals surface area contributed by atoms with Gasteiger partial charge in [-0.15, -0.1) is 10.2 Å². The van der Waals surface area contributed by atoms with Crippen LogP contribution in [0, 0.1) is 0 Å². The molecule has 0 fully saturated rings. The normalized spacial score (nSPS) is 12.4. The van der Waals surface area contributed by atoms with Crippen LogP contribution in [0.5, 0.6) is 5.75 Å². The number of hydrogen-bond donors (Lipinski definition) is 0. The van der Waals surface area contributed by atoms with Crippen LogP contribution in [-0.4, -0.2) is 30.0 Å². The molecule has 17 heavy (non-hydrogen) atoms. The van der Waals surface area contributed by atoms with Crippen LogP contribution in [0.4, 0.5) is 0 Å². The fraction of sp³-hybridized carbons (Fsp3) is 0.333. The monoisotopic (exact) mass is 234 g/mol. The van der Waals surface area contributed by atoms with Gasteiger partial charge in [-0.3, -0.25) is 0 Å². The molecule has 5 heteroatoms. The molecule has 0 saturated heterocycles.